The number of carboxylic acid groups (broad SMARTS) is 1. The molecule has 0 saturated heterocycles. The normalized spacial score (nSPS) is 11.5. The quantitative estimate of drug-likeness (QED) is 0.169. The Kier molecular flexibility index (Phi) is 8.19. The number of sulfonamides is 1. The first-order chi connectivity index (χ1) is 19.3. The van der Waals surface area contributed by atoms with Crippen LogP contribution in [-0.2, 0) is 14.8 Å². The van der Waals surface area contributed by atoms with E-state index >= 15 is 0 Å². The second kappa shape index (κ2) is 11.9. The van der Waals surface area contributed by atoms with E-state index in [0.29, 0.717) is 35.5 Å². The molecule has 0 aliphatic heterocycles. The lowest BCUT2D eigenvalue weighted by molar-refractivity contribution is -0.137. The van der Waals surface area contributed by atoms with Gasteiger partial charge in [0.2, 0.25) is 0 Å². The second-order valence-electron chi connectivity index (χ2n) is 9.38. The third-order valence-electron chi connectivity index (χ3n) is 6.63. The number of anilines is 1. The topological polar surface area (TPSA) is 92.5 Å². The minimum atomic E-state index is -3.93. The lowest BCUT2D eigenvalue weighted by Crippen LogP contribution is -2.32. The average molecular weight is 574 g/mol. The highest BCUT2D eigenvalue weighted by Crippen LogP contribution is 2.33. The highest BCUT2D eigenvalue weighted by atomic mass is 35.5. The Morgan fingerprint density at radius 2 is 1.52 bits per heavy atom. The van der Waals surface area contributed by atoms with Crippen LogP contribution in [0.5, 0.6) is 0 Å². The molecule has 1 N–H and O–H groups in total. The predicted octanol–water partition coefficient (Wildman–Crippen LogP) is 7.19. The van der Waals surface area contributed by atoms with E-state index in [2.05, 4.69) is 4.57 Å². The Morgan fingerprint density at radius 3 is 2.20 bits per heavy atom. The molecule has 204 valence electrons. The Hall–Kier alpha value is -4.14. The molecule has 0 atom stereocenters. The van der Waals surface area contributed by atoms with Crippen LogP contribution in [0, 0.1) is 0 Å². The smallest absolute Gasteiger partial charge is 0.303 e. The van der Waals surface area contributed by atoms with Crippen molar-refractivity contribution in [2.75, 3.05) is 10.8 Å². The van der Waals surface area contributed by atoms with Gasteiger partial charge in [0.1, 0.15) is 5.82 Å². The zero-order valence-corrected chi connectivity index (χ0v) is 23.2. The third-order valence-corrected chi connectivity index (χ3v) is 8.72. The lowest BCUT2D eigenvalue weighted by Gasteiger charge is -2.25. The molecule has 0 radical (unpaired) electrons. The molecule has 0 spiro atoms. The molecule has 0 unspecified atom stereocenters. The Bertz CT molecular complexity index is 1720. The zero-order valence-electron chi connectivity index (χ0n) is 21.7. The molecular weight excluding hydrogens is 546 g/mol. The molecule has 0 saturated carbocycles. The van der Waals surface area contributed by atoms with Crippen LogP contribution >= 0.6 is 11.6 Å². The van der Waals surface area contributed by atoms with Gasteiger partial charge in [0.25, 0.3) is 10.0 Å². The molecule has 7 nitrogen and oxygen atoms in total. The van der Waals surface area contributed by atoms with Gasteiger partial charge >= 0.3 is 5.97 Å². The fraction of sp³-hybridized carbons (Fsp3) is 0.161. The van der Waals surface area contributed by atoms with Crippen molar-refractivity contribution in [3.8, 4) is 17.1 Å². The van der Waals surface area contributed by atoms with Gasteiger partial charge in [0, 0.05) is 29.2 Å². The molecule has 0 bridgehead atoms. The minimum Gasteiger partial charge on any atom is -0.481 e. The van der Waals surface area contributed by atoms with E-state index in [9.17, 15) is 13.2 Å². The molecule has 1 aromatic heterocycles. The fourth-order valence-electron chi connectivity index (χ4n) is 4.67. The van der Waals surface area contributed by atoms with E-state index in [1.54, 1.807) is 24.3 Å². The number of carboxylic acids is 1. The van der Waals surface area contributed by atoms with Crippen LogP contribution in [0.25, 0.3) is 28.1 Å². The van der Waals surface area contributed by atoms with E-state index in [-0.39, 0.29) is 17.9 Å². The number of benzene rings is 4. The summed E-state index contributed by atoms with van der Waals surface area (Å²) in [7, 11) is -3.93. The molecule has 0 aliphatic rings. The van der Waals surface area contributed by atoms with Crippen molar-refractivity contribution in [3.05, 3.63) is 108 Å². The number of hydrogen-bond donors (Lipinski definition) is 1. The number of imidazole rings is 1. The summed E-state index contributed by atoms with van der Waals surface area (Å²) >= 11 is 6.02. The number of aromatic nitrogens is 2. The van der Waals surface area contributed by atoms with Gasteiger partial charge in [-0.2, -0.15) is 0 Å². The number of nitrogens with zero attached hydrogens (tertiary/aromatic N) is 3. The van der Waals surface area contributed by atoms with Crippen LogP contribution in [0.4, 0.5) is 5.69 Å². The largest absolute Gasteiger partial charge is 0.481 e. The number of hydrogen-bond acceptors (Lipinski definition) is 4. The predicted molar refractivity (Wildman–Crippen MR) is 159 cm³/mol. The van der Waals surface area contributed by atoms with Crippen LogP contribution in [0.3, 0.4) is 0 Å². The fourth-order valence-corrected chi connectivity index (χ4v) is 6.29. The summed E-state index contributed by atoms with van der Waals surface area (Å²) in [6.45, 7) is 0.195. The highest BCUT2D eigenvalue weighted by molar-refractivity contribution is 7.92. The maximum absolute atomic E-state index is 13.8. The number of rotatable bonds is 11. The first-order valence-corrected chi connectivity index (χ1v) is 14.8. The molecule has 0 fully saturated rings. The number of aliphatic carboxylic acids is 1. The Labute approximate surface area is 238 Å². The van der Waals surface area contributed by atoms with Crippen LogP contribution in [0.2, 0.25) is 5.02 Å². The summed E-state index contributed by atoms with van der Waals surface area (Å²) in [6.07, 6.45) is 1.62. The number of unbranched alkanes of at least 4 members (excludes halogenated alkanes) is 2. The molecule has 9 heteroatoms. The highest BCUT2D eigenvalue weighted by Gasteiger charge is 2.26. The molecule has 0 amide bonds. The SMILES string of the molecule is O=C(O)CCCCCN(c1ccc2c(c1)nc(-c1ccccc1)n2-c1ccccc1)S(=O)(=O)c1ccc(Cl)cc1. The lowest BCUT2D eigenvalue weighted by atomic mass is 10.2. The zero-order chi connectivity index (χ0) is 28.1. The second-order valence-corrected chi connectivity index (χ2v) is 11.7. The van der Waals surface area contributed by atoms with Gasteiger partial charge in [0.15, 0.2) is 0 Å². The van der Waals surface area contributed by atoms with Crippen LogP contribution in [0.1, 0.15) is 25.7 Å². The first kappa shape index (κ1) is 27.4. The standard InChI is InChI=1S/C31H28ClN3O4S/c32-24-15-18-27(19-16-24)40(38,39)34(21-9-3-8-14-30(36)37)26-17-20-29-28(22-26)33-31(23-10-4-1-5-11-23)35(29)25-12-6-2-7-13-25/h1-2,4-7,10-13,15-20,22H,3,8-9,14,21H2,(H,36,37). The third kappa shape index (κ3) is 5.88. The molecule has 4 aromatic carbocycles. The molecule has 40 heavy (non-hydrogen) atoms. The first-order valence-electron chi connectivity index (χ1n) is 13.0. The Morgan fingerprint density at radius 1 is 0.850 bits per heavy atom. The maximum atomic E-state index is 13.8. The Balaban J connectivity index is 1.59. The van der Waals surface area contributed by atoms with Gasteiger partial charge in [-0.15, -0.1) is 0 Å². The number of halogens is 1. The number of para-hydroxylation sites is 1. The van der Waals surface area contributed by atoms with Gasteiger partial charge in [-0.1, -0.05) is 66.6 Å². The molecule has 5 rings (SSSR count). The monoisotopic (exact) mass is 573 g/mol. The summed E-state index contributed by atoms with van der Waals surface area (Å²) in [5.74, 6) is -0.112. The maximum Gasteiger partial charge on any atom is 0.303 e. The molecular formula is C31H28ClN3O4S. The van der Waals surface area contributed by atoms with Crippen molar-refractivity contribution in [1.29, 1.82) is 0 Å². The van der Waals surface area contributed by atoms with Crippen molar-refractivity contribution in [2.24, 2.45) is 0 Å². The summed E-state index contributed by atoms with van der Waals surface area (Å²) in [5, 5.41) is 9.41. The summed E-state index contributed by atoms with van der Waals surface area (Å²) < 4.78 is 31.1. The van der Waals surface area contributed by atoms with Crippen molar-refractivity contribution >= 4 is 44.3 Å². The number of fused-ring (bicyclic) bond motifs is 1. The van der Waals surface area contributed by atoms with E-state index in [1.165, 1.54) is 16.4 Å². The minimum absolute atomic E-state index is 0.0507. The molecule has 5 aromatic rings. The van der Waals surface area contributed by atoms with Gasteiger partial charge in [-0.05, 0) is 67.4 Å². The average Bonchev–Trinajstić information content (AvgIpc) is 3.35. The van der Waals surface area contributed by atoms with Gasteiger partial charge < -0.3 is 5.11 Å². The van der Waals surface area contributed by atoms with Crippen LogP contribution < -0.4 is 4.31 Å². The summed E-state index contributed by atoms with van der Waals surface area (Å²) in [5.41, 5.74) is 3.87. The van der Waals surface area contributed by atoms with E-state index in [1.807, 2.05) is 66.7 Å². The van der Waals surface area contributed by atoms with Crippen LogP contribution in [-0.4, -0.2) is 35.6 Å². The van der Waals surface area contributed by atoms with Crippen molar-refractivity contribution < 1.29 is 18.3 Å². The summed E-state index contributed by atoms with van der Waals surface area (Å²) in [4.78, 5) is 16.0. The summed E-state index contributed by atoms with van der Waals surface area (Å²) in [6, 6.07) is 31.3. The van der Waals surface area contributed by atoms with Gasteiger partial charge in [-0.25, -0.2) is 13.4 Å². The number of carbonyl (C=O) groups is 1. The van der Waals surface area contributed by atoms with Gasteiger partial charge in [-0.3, -0.25) is 13.7 Å². The van der Waals surface area contributed by atoms with E-state index in [0.717, 1.165) is 22.6 Å². The molecule has 0 aliphatic carbocycles. The molecule has 1 heterocycles. The van der Waals surface area contributed by atoms with Crippen molar-refractivity contribution in [3.63, 3.8) is 0 Å². The van der Waals surface area contributed by atoms with E-state index in [4.69, 9.17) is 21.7 Å². The van der Waals surface area contributed by atoms with Gasteiger partial charge in [0.05, 0.1) is 21.6 Å². The van der Waals surface area contributed by atoms with Crippen LogP contribution in [0.15, 0.2) is 108 Å². The van der Waals surface area contributed by atoms with Crippen molar-refractivity contribution in [2.45, 2.75) is 30.6 Å². The van der Waals surface area contributed by atoms with Crippen molar-refractivity contribution in [1.82, 2.24) is 9.55 Å². The van der Waals surface area contributed by atoms with E-state index < -0.39 is 16.0 Å².